The molecule has 1 amide bonds. The Hall–Kier alpha value is -1.75. The van der Waals surface area contributed by atoms with E-state index < -0.39 is 37.3 Å². The van der Waals surface area contributed by atoms with Gasteiger partial charge in [-0.1, -0.05) is 11.6 Å². The van der Waals surface area contributed by atoms with Gasteiger partial charge in [-0.2, -0.15) is 26.3 Å². The predicted octanol–water partition coefficient (Wildman–Crippen LogP) is 3.29. The number of amides is 1. The normalized spacial score (nSPS) is 12.3. The third-order valence-electron chi connectivity index (χ3n) is 2.89. The van der Waals surface area contributed by atoms with Gasteiger partial charge >= 0.3 is 12.4 Å². The number of rotatable bonds is 8. The third kappa shape index (κ3) is 9.09. The maximum Gasteiger partial charge on any atom is 0.422 e. The average Bonchev–Trinajstić information content (AvgIpc) is 2.47. The number of halogens is 7. The number of carbonyl (C=O) groups is 1. The highest BCUT2D eigenvalue weighted by atomic mass is 35.5. The maximum atomic E-state index is 12.2. The van der Waals surface area contributed by atoms with E-state index in [1.807, 2.05) is 0 Å². The molecule has 0 bridgehead atoms. The lowest BCUT2D eigenvalue weighted by Crippen LogP contribution is -2.33. The van der Waals surface area contributed by atoms with Crippen molar-refractivity contribution in [2.75, 3.05) is 33.3 Å². The zero-order valence-corrected chi connectivity index (χ0v) is 14.3. The molecule has 12 heteroatoms. The second-order valence-corrected chi connectivity index (χ2v) is 5.78. The number of nitrogens with zero attached hydrogens (tertiary/aromatic N) is 2. The van der Waals surface area contributed by atoms with Gasteiger partial charge in [0.2, 0.25) is 5.88 Å². The van der Waals surface area contributed by atoms with E-state index in [-0.39, 0.29) is 30.1 Å². The van der Waals surface area contributed by atoms with Crippen molar-refractivity contribution in [3.63, 3.8) is 0 Å². The van der Waals surface area contributed by atoms with Gasteiger partial charge in [0.1, 0.15) is 5.02 Å². The quantitative estimate of drug-likeness (QED) is 0.531. The van der Waals surface area contributed by atoms with Gasteiger partial charge in [-0.25, -0.2) is 4.98 Å². The van der Waals surface area contributed by atoms with Crippen molar-refractivity contribution >= 4 is 17.5 Å². The summed E-state index contributed by atoms with van der Waals surface area (Å²) in [5, 5.41) is 2.18. The van der Waals surface area contributed by atoms with Crippen molar-refractivity contribution in [2.24, 2.45) is 0 Å². The van der Waals surface area contributed by atoms with E-state index >= 15 is 0 Å². The van der Waals surface area contributed by atoms with E-state index in [0.29, 0.717) is 0 Å². The van der Waals surface area contributed by atoms with Gasteiger partial charge in [0.15, 0.2) is 6.61 Å². The first-order chi connectivity index (χ1) is 11.9. The summed E-state index contributed by atoms with van der Waals surface area (Å²) in [6, 6.07) is 1.09. The molecular formula is C14H16ClF6N3O2. The van der Waals surface area contributed by atoms with Crippen LogP contribution in [0.25, 0.3) is 0 Å². The van der Waals surface area contributed by atoms with Gasteiger partial charge in [-0.15, -0.1) is 0 Å². The van der Waals surface area contributed by atoms with Crippen molar-refractivity contribution in [1.29, 1.82) is 0 Å². The zero-order valence-electron chi connectivity index (χ0n) is 13.5. The minimum absolute atomic E-state index is 0.0157. The van der Waals surface area contributed by atoms with E-state index in [2.05, 4.69) is 15.0 Å². The van der Waals surface area contributed by atoms with Crippen molar-refractivity contribution in [1.82, 2.24) is 15.2 Å². The number of ether oxygens (including phenoxy) is 1. The van der Waals surface area contributed by atoms with Crippen molar-refractivity contribution in [3.05, 3.63) is 22.8 Å². The first kappa shape index (κ1) is 22.3. The van der Waals surface area contributed by atoms with Gasteiger partial charge in [0.05, 0.1) is 12.1 Å². The molecule has 0 aliphatic carbocycles. The Morgan fingerprint density at radius 2 is 1.92 bits per heavy atom. The first-order valence-electron chi connectivity index (χ1n) is 7.26. The predicted molar refractivity (Wildman–Crippen MR) is 81.3 cm³/mol. The largest absolute Gasteiger partial charge is 0.467 e. The number of hydrogen-bond donors (Lipinski definition) is 1. The standard InChI is InChI=1S/C14H16ClF6N3O2/c1-24(7-13(16,17)18)4-2-3-22-11(25)9-5-10(15)12(23-6-9)26-8-14(19,20)21/h5-6H,2-4,7-8H2,1H3,(H,22,25). The molecule has 0 atom stereocenters. The third-order valence-corrected chi connectivity index (χ3v) is 3.16. The minimum Gasteiger partial charge on any atom is -0.467 e. The molecular weight excluding hydrogens is 392 g/mol. The Bertz CT molecular complexity index is 609. The number of pyridine rings is 1. The Labute approximate surface area is 150 Å². The summed E-state index contributed by atoms with van der Waals surface area (Å²) in [6.07, 6.45) is -7.59. The highest BCUT2D eigenvalue weighted by Crippen LogP contribution is 2.25. The van der Waals surface area contributed by atoms with Crippen LogP contribution >= 0.6 is 11.6 Å². The van der Waals surface area contributed by atoms with Crippen LogP contribution in [0.15, 0.2) is 12.3 Å². The highest BCUT2D eigenvalue weighted by molar-refractivity contribution is 6.32. The lowest BCUT2D eigenvalue weighted by Gasteiger charge is -2.18. The second-order valence-electron chi connectivity index (χ2n) is 5.38. The van der Waals surface area contributed by atoms with Crippen LogP contribution in [-0.2, 0) is 0 Å². The molecule has 5 nitrogen and oxygen atoms in total. The van der Waals surface area contributed by atoms with Crippen LogP contribution in [0.4, 0.5) is 26.3 Å². The van der Waals surface area contributed by atoms with Gasteiger partial charge < -0.3 is 10.1 Å². The SMILES string of the molecule is CN(CCCNC(=O)c1cnc(OCC(F)(F)F)c(Cl)c1)CC(F)(F)F. The van der Waals surface area contributed by atoms with E-state index in [9.17, 15) is 31.1 Å². The summed E-state index contributed by atoms with van der Waals surface area (Å²) in [7, 11) is 1.30. The lowest BCUT2D eigenvalue weighted by molar-refractivity contribution is -0.154. The molecule has 1 rings (SSSR count). The van der Waals surface area contributed by atoms with Crippen LogP contribution in [0.3, 0.4) is 0 Å². The molecule has 1 N–H and O–H groups in total. The summed E-state index contributed by atoms with van der Waals surface area (Å²) in [5.41, 5.74) is -0.0157. The summed E-state index contributed by atoms with van der Waals surface area (Å²) >= 11 is 5.72. The van der Waals surface area contributed by atoms with Crippen LogP contribution in [0, 0.1) is 0 Å². The molecule has 0 saturated carbocycles. The molecule has 148 valence electrons. The number of alkyl halides is 6. The first-order valence-corrected chi connectivity index (χ1v) is 7.64. The lowest BCUT2D eigenvalue weighted by atomic mass is 10.2. The Morgan fingerprint density at radius 1 is 1.27 bits per heavy atom. The Kier molecular flexibility index (Phi) is 7.94. The molecule has 0 aliphatic rings. The van der Waals surface area contributed by atoms with Crippen LogP contribution in [0.1, 0.15) is 16.8 Å². The fourth-order valence-corrected chi connectivity index (χ4v) is 2.06. The Balaban J connectivity index is 2.44. The van der Waals surface area contributed by atoms with Gasteiger partial charge in [0, 0.05) is 12.7 Å². The van der Waals surface area contributed by atoms with E-state index in [1.54, 1.807) is 0 Å². The minimum atomic E-state index is -4.56. The van der Waals surface area contributed by atoms with Crippen molar-refractivity contribution in [2.45, 2.75) is 18.8 Å². The summed E-state index contributed by atoms with van der Waals surface area (Å²) in [6.45, 7) is -2.41. The summed E-state index contributed by atoms with van der Waals surface area (Å²) in [4.78, 5) is 16.5. The summed E-state index contributed by atoms with van der Waals surface area (Å²) < 4.78 is 77.1. The fourth-order valence-electron chi connectivity index (χ4n) is 1.84. The topological polar surface area (TPSA) is 54.5 Å². The number of hydrogen-bond acceptors (Lipinski definition) is 4. The van der Waals surface area contributed by atoms with E-state index in [1.165, 1.54) is 7.05 Å². The van der Waals surface area contributed by atoms with Crippen LogP contribution < -0.4 is 10.1 Å². The van der Waals surface area contributed by atoms with Gasteiger partial charge in [-0.3, -0.25) is 9.69 Å². The molecule has 0 saturated heterocycles. The van der Waals surface area contributed by atoms with Crippen molar-refractivity contribution < 1.29 is 35.9 Å². The van der Waals surface area contributed by atoms with Gasteiger partial charge in [-0.05, 0) is 26.1 Å². The monoisotopic (exact) mass is 407 g/mol. The second kappa shape index (κ2) is 9.26. The number of carbonyl (C=O) groups excluding carboxylic acids is 1. The molecule has 0 unspecified atom stereocenters. The molecule has 26 heavy (non-hydrogen) atoms. The Morgan fingerprint density at radius 3 is 2.46 bits per heavy atom. The molecule has 1 aromatic rings. The fraction of sp³-hybridized carbons (Fsp3) is 0.571. The van der Waals surface area contributed by atoms with Crippen molar-refractivity contribution in [3.8, 4) is 5.88 Å². The molecule has 0 fully saturated rings. The molecule has 0 radical (unpaired) electrons. The van der Waals surface area contributed by atoms with E-state index in [4.69, 9.17) is 11.6 Å². The summed E-state index contributed by atoms with van der Waals surface area (Å²) in [5.74, 6) is -1.07. The highest BCUT2D eigenvalue weighted by Gasteiger charge is 2.29. The molecule has 0 aromatic carbocycles. The molecule has 1 heterocycles. The van der Waals surface area contributed by atoms with Crippen LogP contribution in [-0.4, -0.2) is 61.4 Å². The number of nitrogens with one attached hydrogen (secondary N) is 1. The molecule has 0 aliphatic heterocycles. The molecule has 1 aromatic heterocycles. The van der Waals surface area contributed by atoms with Gasteiger partial charge in [0.25, 0.3) is 5.91 Å². The smallest absolute Gasteiger partial charge is 0.422 e. The number of aromatic nitrogens is 1. The molecule has 0 spiro atoms. The van der Waals surface area contributed by atoms with Crippen LogP contribution in [0.5, 0.6) is 5.88 Å². The van der Waals surface area contributed by atoms with Crippen LogP contribution in [0.2, 0.25) is 5.02 Å². The average molecular weight is 408 g/mol. The maximum absolute atomic E-state index is 12.2. The zero-order chi connectivity index (χ0) is 20.0. The van der Waals surface area contributed by atoms with E-state index in [0.717, 1.165) is 17.2 Å².